The van der Waals surface area contributed by atoms with Crippen molar-refractivity contribution in [1.29, 1.82) is 0 Å². The molecule has 0 aliphatic rings. The third-order valence-electron chi connectivity index (χ3n) is 1.43. The van der Waals surface area contributed by atoms with Crippen molar-refractivity contribution in [1.82, 2.24) is 4.98 Å². The maximum absolute atomic E-state index is 11.0. The zero-order valence-electron chi connectivity index (χ0n) is 6.50. The van der Waals surface area contributed by atoms with Gasteiger partial charge in [-0.25, -0.2) is 0 Å². The van der Waals surface area contributed by atoms with Gasteiger partial charge in [0.05, 0.1) is 0 Å². The summed E-state index contributed by atoms with van der Waals surface area (Å²) in [5.74, 6) is 0.0741. The number of hydrogen-bond acceptors (Lipinski definition) is 2. The van der Waals surface area contributed by atoms with E-state index >= 15 is 0 Å². The predicted octanol–water partition coefficient (Wildman–Crippen LogP) is 1.86. The second-order valence-electron chi connectivity index (χ2n) is 2.33. The van der Waals surface area contributed by atoms with Gasteiger partial charge in [0.15, 0.2) is 5.78 Å². The molecule has 57 valence electrons. The van der Waals surface area contributed by atoms with Gasteiger partial charge in [-0.05, 0) is 18.6 Å². The molecule has 0 aliphatic carbocycles. The van der Waals surface area contributed by atoms with Crippen LogP contribution in [0.15, 0.2) is 18.3 Å². The fourth-order valence-electron chi connectivity index (χ4n) is 0.771. The van der Waals surface area contributed by atoms with Crippen LogP contribution in [0.4, 0.5) is 0 Å². The molecule has 0 saturated heterocycles. The van der Waals surface area contributed by atoms with E-state index in [1.165, 1.54) is 0 Å². The van der Waals surface area contributed by atoms with Gasteiger partial charge in [0, 0.05) is 12.6 Å². The lowest BCUT2D eigenvalue weighted by atomic mass is 10.2. The average Bonchev–Trinajstić information content (AvgIpc) is 2.05. The minimum atomic E-state index is 0.0741. The highest BCUT2D eigenvalue weighted by Gasteiger charge is 2.01. The lowest BCUT2D eigenvalue weighted by molar-refractivity contribution is 0.0983. The van der Waals surface area contributed by atoms with Crippen LogP contribution in [0.1, 0.15) is 29.4 Å². The van der Waals surface area contributed by atoms with E-state index in [9.17, 15) is 4.79 Å². The van der Waals surface area contributed by atoms with Crippen molar-refractivity contribution in [2.45, 2.75) is 13.3 Å². The molecule has 0 fully saturated rings. The molecule has 0 saturated carbocycles. The molecule has 0 aromatic carbocycles. The fraction of sp³-hybridized carbons (Fsp3) is 0.222. The Morgan fingerprint density at radius 3 is 2.82 bits per heavy atom. The molecule has 0 aliphatic heterocycles. The monoisotopic (exact) mass is 148 g/mol. The van der Waals surface area contributed by atoms with Crippen molar-refractivity contribution in [3.05, 3.63) is 36.5 Å². The highest BCUT2D eigenvalue weighted by molar-refractivity contribution is 5.93. The SMILES string of the molecule is [CH2]c1ccc(C(=O)CC)nc1. The average molecular weight is 148 g/mol. The van der Waals surface area contributed by atoms with Crippen molar-refractivity contribution in [2.75, 3.05) is 0 Å². The van der Waals surface area contributed by atoms with Gasteiger partial charge in [-0.15, -0.1) is 0 Å². The number of hydrogen-bond donors (Lipinski definition) is 0. The van der Waals surface area contributed by atoms with Gasteiger partial charge in [0.25, 0.3) is 0 Å². The summed E-state index contributed by atoms with van der Waals surface area (Å²) < 4.78 is 0. The quantitative estimate of drug-likeness (QED) is 0.599. The van der Waals surface area contributed by atoms with Gasteiger partial charge >= 0.3 is 0 Å². The standard InChI is InChI=1S/C9H10NO/c1-3-9(11)8-5-4-7(2)6-10-8/h4-6H,2-3H2,1H3. The lowest BCUT2D eigenvalue weighted by Gasteiger charge is -1.95. The number of Topliss-reactive ketones (excluding diaryl/α,β-unsaturated/α-hetero) is 1. The van der Waals surface area contributed by atoms with Crippen LogP contribution in [0.25, 0.3) is 0 Å². The van der Waals surface area contributed by atoms with E-state index in [0.717, 1.165) is 5.56 Å². The first-order valence-electron chi connectivity index (χ1n) is 3.55. The van der Waals surface area contributed by atoms with Gasteiger partial charge < -0.3 is 0 Å². The summed E-state index contributed by atoms with van der Waals surface area (Å²) in [6.07, 6.45) is 2.10. The van der Waals surface area contributed by atoms with Crippen LogP contribution in [0.3, 0.4) is 0 Å². The predicted molar refractivity (Wildman–Crippen MR) is 43.3 cm³/mol. The topological polar surface area (TPSA) is 30.0 Å². The van der Waals surface area contributed by atoms with E-state index < -0.39 is 0 Å². The van der Waals surface area contributed by atoms with Crippen molar-refractivity contribution in [2.24, 2.45) is 0 Å². The zero-order valence-corrected chi connectivity index (χ0v) is 6.50. The Labute approximate surface area is 66.3 Å². The smallest absolute Gasteiger partial charge is 0.180 e. The molecule has 1 aromatic heterocycles. The zero-order chi connectivity index (χ0) is 8.27. The van der Waals surface area contributed by atoms with E-state index in [4.69, 9.17) is 0 Å². The number of pyridine rings is 1. The molecule has 0 spiro atoms. The Bertz CT molecular complexity index is 251. The van der Waals surface area contributed by atoms with Crippen molar-refractivity contribution < 1.29 is 4.79 Å². The summed E-state index contributed by atoms with van der Waals surface area (Å²) in [5, 5.41) is 0. The number of aromatic nitrogens is 1. The van der Waals surface area contributed by atoms with Gasteiger partial charge in [-0.3, -0.25) is 9.78 Å². The summed E-state index contributed by atoms with van der Waals surface area (Å²) in [7, 11) is 0. The Morgan fingerprint density at radius 2 is 2.36 bits per heavy atom. The summed E-state index contributed by atoms with van der Waals surface area (Å²) >= 11 is 0. The van der Waals surface area contributed by atoms with Crippen LogP contribution in [-0.2, 0) is 0 Å². The molecule has 0 bridgehead atoms. The Hall–Kier alpha value is -1.18. The summed E-state index contributed by atoms with van der Waals surface area (Å²) in [5.41, 5.74) is 1.36. The third kappa shape index (κ3) is 1.87. The maximum Gasteiger partial charge on any atom is 0.180 e. The largest absolute Gasteiger partial charge is 0.292 e. The molecule has 0 amide bonds. The second-order valence-corrected chi connectivity index (χ2v) is 2.33. The first-order valence-corrected chi connectivity index (χ1v) is 3.55. The Kier molecular flexibility index (Phi) is 2.36. The Morgan fingerprint density at radius 1 is 1.64 bits per heavy atom. The van der Waals surface area contributed by atoms with Gasteiger partial charge in [-0.2, -0.15) is 0 Å². The molecule has 2 nitrogen and oxygen atoms in total. The van der Waals surface area contributed by atoms with Crippen LogP contribution in [0, 0.1) is 6.92 Å². The van der Waals surface area contributed by atoms with E-state index in [-0.39, 0.29) is 5.78 Å². The van der Waals surface area contributed by atoms with E-state index in [0.29, 0.717) is 12.1 Å². The van der Waals surface area contributed by atoms with E-state index in [2.05, 4.69) is 11.9 Å². The number of rotatable bonds is 2. The highest BCUT2D eigenvalue weighted by atomic mass is 16.1. The van der Waals surface area contributed by atoms with Crippen LogP contribution in [0.2, 0.25) is 0 Å². The number of ketones is 1. The fourth-order valence-corrected chi connectivity index (χ4v) is 0.771. The molecule has 0 N–H and O–H groups in total. The molecular weight excluding hydrogens is 138 g/mol. The summed E-state index contributed by atoms with van der Waals surface area (Å²) in [6, 6.07) is 3.49. The van der Waals surface area contributed by atoms with Gasteiger partial charge in [0.1, 0.15) is 5.69 Å². The highest BCUT2D eigenvalue weighted by Crippen LogP contribution is 2.00. The maximum atomic E-state index is 11.0. The number of carbonyl (C=O) groups excluding carboxylic acids is 1. The van der Waals surface area contributed by atoms with E-state index in [1.807, 2.05) is 6.92 Å². The molecule has 2 heteroatoms. The molecule has 1 aromatic rings. The van der Waals surface area contributed by atoms with Gasteiger partial charge in [0.2, 0.25) is 0 Å². The molecule has 0 unspecified atom stereocenters. The lowest BCUT2D eigenvalue weighted by Crippen LogP contribution is -1.99. The molecule has 1 rings (SSSR count). The normalized spacial score (nSPS) is 9.64. The van der Waals surface area contributed by atoms with Crippen molar-refractivity contribution in [3.8, 4) is 0 Å². The molecule has 1 heterocycles. The van der Waals surface area contributed by atoms with Crippen LogP contribution >= 0.6 is 0 Å². The number of carbonyl (C=O) groups is 1. The molecule has 11 heavy (non-hydrogen) atoms. The number of nitrogens with zero attached hydrogens (tertiary/aromatic N) is 1. The molecule has 1 radical (unpaired) electrons. The second kappa shape index (κ2) is 3.28. The Balaban J connectivity index is 2.90. The first kappa shape index (κ1) is 7.92. The minimum Gasteiger partial charge on any atom is -0.292 e. The van der Waals surface area contributed by atoms with E-state index in [1.54, 1.807) is 18.3 Å². The molecular formula is C9H10NO. The van der Waals surface area contributed by atoms with Crippen LogP contribution in [-0.4, -0.2) is 10.8 Å². The minimum absolute atomic E-state index is 0.0741. The van der Waals surface area contributed by atoms with Crippen LogP contribution < -0.4 is 0 Å². The first-order chi connectivity index (χ1) is 5.24. The van der Waals surface area contributed by atoms with Gasteiger partial charge in [-0.1, -0.05) is 13.0 Å². The molecule has 0 atom stereocenters. The van der Waals surface area contributed by atoms with Crippen molar-refractivity contribution >= 4 is 5.78 Å². The summed E-state index contributed by atoms with van der Waals surface area (Å²) in [6.45, 7) is 5.49. The third-order valence-corrected chi connectivity index (χ3v) is 1.43. The van der Waals surface area contributed by atoms with Crippen molar-refractivity contribution in [3.63, 3.8) is 0 Å². The summed E-state index contributed by atoms with van der Waals surface area (Å²) in [4.78, 5) is 15.0. The van der Waals surface area contributed by atoms with Crippen LogP contribution in [0.5, 0.6) is 0 Å².